The molecule has 0 radical (unpaired) electrons. The Balaban J connectivity index is 1.50. The van der Waals surface area contributed by atoms with Crippen molar-refractivity contribution in [3.63, 3.8) is 0 Å². The predicted octanol–water partition coefficient (Wildman–Crippen LogP) is 7.13. The van der Waals surface area contributed by atoms with Gasteiger partial charge in [0.15, 0.2) is 4.99 Å². The van der Waals surface area contributed by atoms with Gasteiger partial charge in [0.2, 0.25) is 13.6 Å². The first-order chi connectivity index (χ1) is 23.6. The predicted molar refractivity (Wildman–Crippen MR) is 176 cm³/mol. The molecule has 1 N–H and O–H groups in total. The van der Waals surface area contributed by atoms with Crippen molar-refractivity contribution >= 4 is 30.0 Å². The summed E-state index contributed by atoms with van der Waals surface area (Å²) in [6.07, 6.45) is -3.97. The maximum atomic E-state index is 14.2. The number of hydrogen-bond donors (Lipinski definition) is 1. The van der Waals surface area contributed by atoms with E-state index in [1.165, 1.54) is 0 Å². The molecule has 0 aliphatic heterocycles. The van der Waals surface area contributed by atoms with Gasteiger partial charge in [-0.1, -0.05) is 109 Å². The number of carbonyl (C=O) groups is 2. The molecule has 4 rings (SSSR count). The van der Waals surface area contributed by atoms with E-state index in [9.17, 15) is 27.1 Å². The molecular weight excluding hydrogens is 679 g/mol. The Bertz CT molecular complexity index is 1640. The van der Waals surface area contributed by atoms with Crippen LogP contribution < -0.4 is 4.74 Å². The van der Waals surface area contributed by atoms with Gasteiger partial charge in [-0.25, -0.2) is 9.59 Å². The highest BCUT2D eigenvalue weighted by Gasteiger charge is 2.47. The largest absolute Gasteiger partial charge is 0.510 e. The fourth-order valence-electron chi connectivity index (χ4n) is 4.40. The minimum Gasteiger partial charge on any atom is -0.490 e. The molecule has 0 aliphatic carbocycles. The van der Waals surface area contributed by atoms with Crippen LogP contribution >= 0.6 is 7.60 Å². The lowest BCUT2D eigenvalue weighted by Crippen LogP contribution is -2.32. The quantitative estimate of drug-likeness (QED) is 0.0478. The molecule has 15 heteroatoms. The molecule has 0 aromatic heterocycles. The van der Waals surface area contributed by atoms with Crippen LogP contribution in [0.15, 0.2) is 121 Å². The average Bonchev–Trinajstić information content (AvgIpc) is 3.10. The molecule has 0 bridgehead atoms. The van der Waals surface area contributed by atoms with Gasteiger partial charge in [0, 0.05) is 12.8 Å². The zero-order valence-corrected chi connectivity index (χ0v) is 27.9. The Morgan fingerprint density at radius 2 is 1.02 bits per heavy atom. The molecule has 260 valence electrons. The molecule has 13 nitrogen and oxygen atoms in total. The Labute approximate surface area is 283 Å². The van der Waals surface area contributed by atoms with E-state index in [1.54, 1.807) is 121 Å². The molecule has 4 aromatic carbocycles. The lowest BCUT2D eigenvalue weighted by molar-refractivity contribution is -0.0247. The minimum atomic E-state index is -5.23. The van der Waals surface area contributed by atoms with Crippen LogP contribution in [-0.4, -0.2) is 50.0 Å². The molecule has 0 saturated heterocycles. The molecule has 1 unspecified atom stereocenters. The molecule has 0 heterocycles. The summed E-state index contributed by atoms with van der Waals surface area (Å²) in [5, 5.41) is 0. The third kappa shape index (κ3) is 13.0. The second-order valence-electron chi connectivity index (χ2n) is 10.3. The Kier molecular flexibility index (Phi) is 14.2. The molecule has 0 amide bonds. The van der Waals surface area contributed by atoms with Crippen LogP contribution in [0.4, 0.5) is 9.59 Å². The fourth-order valence-corrected chi connectivity index (χ4v) is 7.82. The van der Waals surface area contributed by atoms with E-state index in [1.807, 2.05) is 0 Å². The first kappa shape index (κ1) is 37.1. The average molecular weight is 715 g/mol. The van der Waals surface area contributed by atoms with Crippen LogP contribution in [0.25, 0.3) is 0 Å². The van der Waals surface area contributed by atoms with Crippen LogP contribution in [0.2, 0.25) is 0 Å². The second kappa shape index (κ2) is 18.7. The second-order valence-corrected chi connectivity index (χ2v) is 14.5. The van der Waals surface area contributed by atoms with Crippen molar-refractivity contribution in [3.8, 4) is 5.75 Å². The van der Waals surface area contributed by atoms with Gasteiger partial charge < -0.3 is 23.7 Å². The summed E-state index contributed by atoms with van der Waals surface area (Å²) in [6.45, 7) is -2.53. The van der Waals surface area contributed by atoms with E-state index in [0.717, 1.165) is 5.56 Å². The normalized spacial score (nSPS) is 12.7. The zero-order chi connectivity index (χ0) is 35.0. The van der Waals surface area contributed by atoms with E-state index in [4.69, 9.17) is 32.7 Å². The number of para-hydroxylation sites is 1. The number of carbonyl (C=O) groups excluding carboxylic acids is 2. The molecule has 2 atom stereocenters. The highest BCUT2D eigenvalue weighted by molar-refractivity contribution is 7.94. The monoisotopic (exact) mass is 714 g/mol. The van der Waals surface area contributed by atoms with E-state index >= 15 is 0 Å². The highest BCUT2D eigenvalue weighted by Crippen LogP contribution is 2.56. The lowest BCUT2D eigenvalue weighted by atomic mass is 10.1. The van der Waals surface area contributed by atoms with Crippen LogP contribution in [0, 0.1) is 0 Å². The molecule has 0 fully saturated rings. The highest BCUT2D eigenvalue weighted by atomic mass is 32.2. The Morgan fingerprint density at radius 3 is 1.45 bits per heavy atom. The third-order valence-corrected chi connectivity index (χ3v) is 11.0. The molecule has 4 aromatic rings. The van der Waals surface area contributed by atoms with Gasteiger partial charge in [-0.05, 0) is 28.8 Å². The number of hydrogen-bond acceptors (Lipinski definition) is 12. The van der Waals surface area contributed by atoms with Crippen LogP contribution in [0.5, 0.6) is 5.75 Å². The molecule has 0 saturated carbocycles. The summed E-state index contributed by atoms with van der Waals surface area (Å²) in [4.78, 5) is 22.1. The summed E-state index contributed by atoms with van der Waals surface area (Å²) < 4.78 is 86.5. The van der Waals surface area contributed by atoms with Crippen molar-refractivity contribution < 1.29 is 59.9 Å². The number of benzene rings is 4. The number of ether oxygens (including phenoxy) is 5. The SMILES string of the molecule is O=C(OCOP(=O)(OCOC(=O)OCc1ccccc1)[C@H](CC(Cc1ccccc1)Oc1ccccc1)S(=O)(=O)O)OCc1ccccc1. The van der Waals surface area contributed by atoms with Crippen LogP contribution in [-0.2, 0) is 62.3 Å². The maximum absolute atomic E-state index is 14.2. The summed E-state index contributed by atoms with van der Waals surface area (Å²) >= 11 is 0. The summed E-state index contributed by atoms with van der Waals surface area (Å²) in [5.74, 6) is 0.364. The van der Waals surface area contributed by atoms with Crippen molar-refractivity contribution in [2.24, 2.45) is 0 Å². The summed E-state index contributed by atoms with van der Waals surface area (Å²) in [6, 6.07) is 34.7. The van der Waals surface area contributed by atoms with Crippen molar-refractivity contribution in [3.05, 3.63) is 138 Å². The van der Waals surface area contributed by atoms with E-state index in [-0.39, 0.29) is 19.6 Å². The summed E-state index contributed by atoms with van der Waals surface area (Å²) in [5.41, 5.74) is 2.04. The maximum Gasteiger partial charge on any atom is 0.510 e. The molecule has 49 heavy (non-hydrogen) atoms. The Hall–Kier alpha value is -4.72. The van der Waals surface area contributed by atoms with Gasteiger partial charge in [-0.2, -0.15) is 8.42 Å². The fraction of sp³-hybridized carbons (Fsp3) is 0.235. The standard InChI is InChI=1S/C34H35O13PS/c35-33(41-23-28-15-7-2-8-16-28)43-25-45-48(37,46-26-44-34(36)42-24-29-17-9-3-10-18-29)32(49(38,39)40)22-31(21-27-13-5-1-6-14-27)47-30-19-11-4-12-20-30/h1-20,31-32H,21-26H2,(H,38,39,40)/t31?,32-/m0/s1. The van der Waals surface area contributed by atoms with Gasteiger partial charge in [0.25, 0.3) is 10.1 Å². The van der Waals surface area contributed by atoms with Crippen molar-refractivity contribution in [2.45, 2.75) is 37.2 Å². The number of rotatable bonds is 18. The minimum absolute atomic E-state index is 0.117. The first-order valence-corrected chi connectivity index (χ1v) is 18.0. The third-order valence-electron chi connectivity index (χ3n) is 6.73. The van der Waals surface area contributed by atoms with E-state index in [2.05, 4.69) is 0 Å². The van der Waals surface area contributed by atoms with Gasteiger partial charge in [0.1, 0.15) is 25.1 Å². The zero-order valence-electron chi connectivity index (χ0n) is 26.1. The van der Waals surface area contributed by atoms with Gasteiger partial charge >= 0.3 is 19.9 Å². The van der Waals surface area contributed by atoms with Crippen molar-refractivity contribution in [1.29, 1.82) is 0 Å². The molecule has 0 aliphatic rings. The lowest BCUT2D eigenvalue weighted by Gasteiger charge is -2.28. The van der Waals surface area contributed by atoms with E-state index < -0.39 is 61.1 Å². The van der Waals surface area contributed by atoms with Crippen molar-refractivity contribution in [2.75, 3.05) is 13.6 Å². The van der Waals surface area contributed by atoms with Crippen LogP contribution in [0.1, 0.15) is 23.1 Å². The smallest absolute Gasteiger partial charge is 0.490 e. The molecule has 0 spiro atoms. The summed E-state index contributed by atoms with van der Waals surface area (Å²) in [7, 11) is -10.3. The van der Waals surface area contributed by atoms with Gasteiger partial charge in [0.05, 0.1) is 0 Å². The van der Waals surface area contributed by atoms with Gasteiger partial charge in [-0.3, -0.25) is 18.2 Å². The van der Waals surface area contributed by atoms with E-state index in [0.29, 0.717) is 16.9 Å². The first-order valence-electron chi connectivity index (χ1n) is 14.9. The topological polar surface area (TPSA) is 170 Å². The van der Waals surface area contributed by atoms with Crippen molar-refractivity contribution in [1.82, 2.24) is 0 Å². The van der Waals surface area contributed by atoms with Gasteiger partial charge in [-0.15, -0.1) is 0 Å². The van der Waals surface area contributed by atoms with Crippen LogP contribution in [0.3, 0.4) is 0 Å². The Morgan fingerprint density at radius 1 is 0.612 bits per heavy atom. The molecular formula is C34H35O13PS.